The number of hydrogen-bond donors (Lipinski definition) is 3. The van der Waals surface area contributed by atoms with Crippen molar-refractivity contribution in [2.24, 2.45) is 4.99 Å². The van der Waals surface area contributed by atoms with Gasteiger partial charge < -0.3 is 10.6 Å². The lowest BCUT2D eigenvalue weighted by Crippen LogP contribution is -2.38. The molecule has 3 N–H and O–H groups in total. The van der Waals surface area contributed by atoms with Crippen LogP contribution in [0, 0.1) is 13.8 Å². The Kier molecular flexibility index (Phi) is 10.6. The van der Waals surface area contributed by atoms with Crippen LogP contribution in [0.3, 0.4) is 0 Å². The van der Waals surface area contributed by atoms with Crippen LogP contribution in [0.5, 0.6) is 0 Å². The standard InChI is InChI=1S/C19H30N6O2S.HI/c1-5-21-19(22-10-7-11-25-16(3)12-15(2)24-25)23-14-17-8-6-9-18(13-17)28(26,27)20-4;/h6,8-9,12-13,20H,5,7,10-11,14H2,1-4H3,(H2,21,22,23);1H. The molecule has 29 heavy (non-hydrogen) atoms. The summed E-state index contributed by atoms with van der Waals surface area (Å²) in [6.07, 6.45) is 0.919. The second kappa shape index (κ2) is 12.1. The molecule has 0 atom stereocenters. The number of aromatic nitrogens is 2. The second-order valence-corrected chi connectivity index (χ2v) is 8.37. The summed E-state index contributed by atoms with van der Waals surface area (Å²) in [5.41, 5.74) is 3.02. The van der Waals surface area contributed by atoms with E-state index < -0.39 is 10.0 Å². The highest BCUT2D eigenvalue weighted by atomic mass is 127. The number of halogens is 1. The molecule has 1 aromatic heterocycles. The molecule has 0 aliphatic carbocycles. The molecule has 0 aliphatic heterocycles. The zero-order valence-electron chi connectivity index (χ0n) is 17.4. The molecule has 0 spiro atoms. The van der Waals surface area contributed by atoms with Gasteiger partial charge in [0.25, 0.3) is 0 Å². The van der Waals surface area contributed by atoms with Crippen molar-refractivity contribution >= 4 is 40.0 Å². The van der Waals surface area contributed by atoms with Crippen molar-refractivity contribution in [1.29, 1.82) is 0 Å². The smallest absolute Gasteiger partial charge is 0.240 e. The van der Waals surface area contributed by atoms with Crippen LogP contribution in [0.15, 0.2) is 40.2 Å². The molecular formula is C19H31IN6O2S. The summed E-state index contributed by atoms with van der Waals surface area (Å²) < 4.78 is 28.2. The Hall–Kier alpha value is -1.66. The van der Waals surface area contributed by atoms with E-state index >= 15 is 0 Å². The van der Waals surface area contributed by atoms with Gasteiger partial charge in [-0.3, -0.25) is 4.68 Å². The lowest BCUT2D eigenvalue weighted by atomic mass is 10.2. The zero-order valence-corrected chi connectivity index (χ0v) is 20.5. The Balaban J connectivity index is 0.00000420. The number of benzene rings is 1. The third kappa shape index (κ3) is 7.94. The first kappa shape index (κ1) is 25.4. The average Bonchev–Trinajstić information content (AvgIpc) is 3.00. The lowest BCUT2D eigenvalue weighted by molar-refractivity contribution is 0.555. The molecule has 0 amide bonds. The first-order chi connectivity index (χ1) is 13.4. The maximum Gasteiger partial charge on any atom is 0.240 e. The summed E-state index contributed by atoms with van der Waals surface area (Å²) in [4.78, 5) is 4.80. The number of guanidine groups is 1. The van der Waals surface area contributed by atoms with Crippen LogP contribution in [0.25, 0.3) is 0 Å². The lowest BCUT2D eigenvalue weighted by Gasteiger charge is -2.12. The highest BCUT2D eigenvalue weighted by Crippen LogP contribution is 2.12. The summed E-state index contributed by atoms with van der Waals surface area (Å²) >= 11 is 0. The number of nitrogens with zero attached hydrogens (tertiary/aromatic N) is 3. The van der Waals surface area contributed by atoms with E-state index in [1.54, 1.807) is 18.2 Å². The van der Waals surface area contributed by atoms with Crippen LogP contribution in [-0.2, 0) is 23.1 Å². The van der Waals surface area contributed by atoms with Crippen LogP contribution in [-0.4, -0.2) is 44.3 Å². The van der Waals surface area contributed by atoms with Gasteiger partial charge in [-0.25, -0.2) is 18.1 Å². The zero-order chi connectivity index (χ0) is 20.6. The molecule has 0 saturated carbocycles. The van der Waals surface area contributed by atoms with E-state index in [2.05, 4.69) is 38.4 Å². The van der Waals surface area contributed by atoms with Crippen molar-refractivity contribution in [3.8, 4) is 0 Å². The normalized spacial score (nSPS) is 11.8. The molecule has 2 aromatic rings. The van der Waals surface area contributed by atoms with E-state index in [9.17, 15) is 8.42 Å². The Labute approximate surface area is 190 Å². The van der Waals surface area contributed by atoms with Crippen molar-refractivity contribution < 1.29 is 8.42 Å². The quantitative estimate of drug-likeness (QED) is 0.198. The third-order valence-corrected chi connectivity index (χ3v) is 5.60. The molecule has 0 fully saturated rings. The Morgan fingerprint density at radius 3 is 2.59 bits per heavy atom. The summed E-state index contributed by atoms with van der Waals surface area (Å²) in [5.74, 6) is 0.706. The average molecular weight is 534 g/mol. The maximum atomic E-state index is 11.9. The first-order valence-electron chi connectivity index (χ1n) is 9.41. The number of aryl methyl sites for hydroxylation is 3. The first-order valence-corrected chi connectivity index (χ1v) is 10.9. The largest absolute Gasteiger partial charge is 0.357 e. The Morgan fingerprint density at radius 1 is 1.21 bits per heavy atom. The van der Waals surface area contributed by atoms with Crippen molar-refractivity contribution in [1.82, 2.24) is 25.1 Å². The fourth-order valence-corrected chi connectivity index (χ4v) is 3.58. The van der Waals surface area contributed by atoms with Crippen LogP contribution in [0.2, 0.25) is 0 Å². The van der Waals surface area contributed by atoms with E-state index in [0.717, 1.165) is 43.0 Å². The molecule has 0 unspecified atom stereocenters. The number of nitrogens with one attached hydrogen (secondary N) is 3. The van der Waals surface area contributed by atoms with Crippen molar-refractivity contribution in [3.05, 3.63) is 47.3 Å². The van der Waals surface area contributed by atoms with Gasteiger partial charge in [0.1, 0.15) is 0 Å². The van der Waals surface area contributed by atoms with Gasteiger partial charge in [0.15, 0.2) is 5.96 Å². The van der Waals surface area contributed by atoms with E-state index in [-0.39, 0.29) is 28.9 Å². The SMILES string of the molecule is CCNC(=NCc1cccc(S(=O)(=O)NC)c1)NCCCn1nc(C)cc1C.I. The molecular weight excluding hydrogens is 503 g/mol. The number of aliphatic imine (C=N–C) groups is 1. The van der Waals surface area contributed by atoms with Gasteiger partial charge in [-0.2, -0.15) is 5.10 Å². The third-order valence-electron chi connectivity index (χ3n) is 4.18. The van der Waals surface area contributed by atoms with Gasteiger partial charge in [0.05, 0.1) is 17.1 Å². The predicted molar refractivity (Wildman–Crippen MR) is 127 cm³/mol. The van der Waals surface area contributed by atoms with Crippen molar-refractivity contribution in [2.45, 2.75) is 45.2 Å². The minimum Gasteiger partial charge on any atom is -0.357 e. The summed E-state index contributed by atoms with van der Waals surface area (Å²) in [6, 6.07) is 8.87. The fourth-order valence-electron chi connectivity index (χ4n) is 2.78. The summed E-state index contributed by atoms with van der Waals surface area (Å²) in [5, 5.41) is 11.0. The van der Waals surface area contributed by atoms with E-state index in [4.69, 9.17) is 0 Å². The molecule has 162 valence electrons. The van der Waals surface area contributed by atoms with Crippen LogP contribution < -0.4 is 15.4 Å². The van der Waals surface area contributed by atoms with Gasteiger partial charge in [-0.15, -0.1) is 24.0 Å². The van der Waals surface area contributed by atoms with E-state index in [1.807, 2.05) is 24.6 Å². The summed E-state index contributed by atoms with van der Waals surface area (Å²) in [7, 11) is -2.05. The molecule has 2 rings (SSSR count). The fraction of sp³-hybridized carbons (Fsp3) is 0.474. The molecule has 10 heteroatoms. The number of sulfonamides is 1. The highest BCUT2D eigenvalue weighted by molar-refractivity contribution is 14.0. The van der Waals surface area contributed by atoms with Crippen LogP contribution >= 0.6 is 24.0 Å². The number of rotatable bonds is 9. The van der Waals surface area contributed by atoms with Crippen LogP contribution in [0.4, 0.5) is 0 Å². The molecule has 1 heterocycles. The van der Waals surface area contributed by atoms with E-state index in [0.29, 0.717) is 12.5 Å². The van der Waals surface area contributed by atoms with Crippen molar-refractivity contribution in [2.75, 3.05) is 20.1 Å². The monoisotopic (exact) mass is 534 g/mol. The maximum absolute atomic E-state index is 11.9. The minimum atomic E-state index is -3.45. The summed E-state index contributed by atoms with van der Waals surface area (Å²) in [6.45, 7) is 8.80. The minimum absolute atomic E-state index is 0. The second-order valence-electron chi connectivity index (χ2n) is 6.48. The van der Waals surface area contributed by atoms with Gasteiger partial charge in [-0.1, -0.05) is 12.1 Å². The highest BCUT2D eigenvalue weighted by Gasteiger charge is 2.11. The van der Waals surface area contributed by atoms with Gasteiger partial charge in [0, 0.05) is 25.3 Å². The van der Waals surface area contributed by atoms with Gasteiger partial charge in [-0.05, 0) is 58.0 Å². The van der Waals surface area contributed by atoms with E-state index in [1.165, 1.54) is 7.05 Å². The molecule has 0 radical (unpaired) electrons. The molecule has 0 aliphatic rings. The molecule has 0 bridgehead atoms. The Bertz CT molecular complexity index is 911. The van der Waals surface area contributed by atoms with Gasteiger partial charge >= 0.3 is 0 Å². The van der Waals surface area contributed by atoms with Gasteiger partial charge in [0.2, 0.25) is 10.0 Å². The topological polar surface area (TPSA) is 100 Å². The Morgan fingerprint density at radius 2 is 1.97 bits per heavy atom. The number of hydrogen-bond acceptors (Lipinski definition) is 4. The molecule has 0 saturated heterocycles. The molecule has 8 nitrogen and oxygen atoms in total. The molecule has 1 aromatic carbocycles. The van der Waals surface area contributed by atoms with Crippen LogP contribution in [0.1, 0.15) is 30.3 Å². The predicted octanol–water partition coefficient (Wildman–Crippen LogP) is 2.17. The van der Waals surface area contributed by atoms with Crippen molar-refractivity contribution in [3.63, 3.8) is 0 Å².